The molecule has 3 aromatic rings. The zero-order valence-electron chi connectivity index (χ0n) is 14.8. The van der Waals surface area contributed by atoms with Crippen molar-refractivity contribution in [3.8, 4) is 0 Å². The predicted molar refractivity (Wildman–Crippen MR) is 115 cm³/mol. The Kier molecular flexibility index (Phi) is 5.25. The first-order valence-electron chi connectivity index (χ1n) is 8.75. The highest BCUT2D eigenvalue weighted by atomic mass is 35.5. The van der Waals surface area contributed by atoms with Gasteiger partial charge < -0.3 is 10.7 Å². The number of fused-ring (bicyclic) bond motifs is 3. The molecular formula is C19H19ClN4OS2. The molecule has 4 rings (SSSR count). The summed E-state index contributed by atoms with van der Waals surface area (Å²) >= 11 is 8.88. The van der Waals surface area contributed by atoms with Gasteiger partial charge in [-0.05, 0) is 55.0 Å². The summed E-state index contributed by atoms with van der Waals surface area (Å²) in [6.45, 7) is 2.26. The molecular weight excluding hydrogens is 400 g/mol. The first-order valence-corrected chi connectivity index (χ1v) is 10.9. The average Bonchev–Trinajstić information content (AvgIpc) is 2.99. The van der Waals surface area contributed by atoms with Crippen LogP contribution in [0.5, 0.6) is 0 Å². The topological polar surface area (TPSA) is 84.1 Å². The fourth-order valence-corrected chi connectivity index (χ4v) is 5.40. The fraction of sp³-hybridized carbons (Fsp3) is 0.316. The summed E-state index contributed by atoms with van der Waals surface area (Å²) < 4.78 is 0. The Bertz CT molecular complexity index is 1070. The number of amidine groups is 1. The highest BCUT2D eigenvalue weighted by molar-refractivity contribution is 8.13. The second-order valence-corrected chi connectivity index (χ2v) is 9.28. The minimum atomic E-state index is -0.0455. The Hall–Kier alpha value is -1.83. The molecule has 2 aromatic heterocycles. The Balaban J connectivity index is 1.54. The smallest absolute Gasteiger partial charge is 0.259 e. The molecule has 27 heavy (non-hydrogen) atoms. The average molecular weight is 419 g/mol. The first-order chi connectivity index (χ1) is 13.0. The lowest BCUT2D eigenvalue weighted by Gasteiger charge is -2.17. The van der Waals surface area contributed by atoms with Gasteiger partial charge in [-0.3, -0.25) is 4.79 Å². The van der Waals surface area contributed by atoms with Gasteiger partial charge in [-0.25, -0.2) is 9.98 Å². The van der Waals surface area contributed by atoms with Crippen LogP contribution in [0.3, 0.4) is 0 Å². The molecule has 0 fully saturated rings. The largest absolute Gasteiger partial charge is 0.378 e. The second-order valence-electron chi connectivity index (χ2n) is 6.76. The van der Waals surface area contributed by atoms with Crippen LogP contribution in [0.2, 0.25) is 5.02 Å². The number of thioether (sulfide) groups is 1. The number of benzene rings is 1. The molecule has 0 aliphatic heterocycles. The lowest BCUT2D eigenvalue weighted by Crippen LogP contribution is -2.15. The summed E-state index contributed by atoms with van der Waals surface area (Å²) in [5.41, 5.74) is 7.89. The third-order valence-electron chi connectivity index (χ3n) is 4.64. The molecule has 140 valence electrons. The molecule has 0 saturated heterocycles. The van der Waals surface area contributed by atoms with E-state index in [0.717, 1.165) is 35.2 Å². The Labute approximate surface area is 170 Å². The summed E-state index contributed by atoms with van der Waals surface area (Å²) in [6.07, 6.45) is 3.14. The van der Waals surface area contributed by atoms with E-state index in [1.807, 2.05) is 0 Å². The van der Waals surface area contributed by atoms with E-state index in [4.69, 9.17) is 17.3 Å². The summed E-state index contributed by atoms with van der Waals surface area (Å²) in [4.78, 5) is 26.7. The van der Waals surface area contributed by atoms with E-state index >= 15 is 0 Å². The number of aliphatic imine (C=N–C) groups is 1. The van der Waals surface area contributed by atoms with Crippen LogP contribution >= 0.6 is 34.7 Å². The molecule has 0 unspecified atom stereocenters. The number of hydrogen-bond donors (Lipinski definition) is 2. The van der Waals surface area contributed by atoms with Gasteiger partial charge in [-0.2, -0.15) is 0 Å². The molecule has 0 radical (unpaired) electrons. The summed E-state index contributed by atoms with van der Waals surface area (Å²) in [5, 5.41) is 1.85. The van der Waals surface area contributed by atoms with Gasteiger partial charge in [0.25, 0.3) is 5.56 Å². The van der Waals surface area contributed by atoms with Gasteiger partial charge in [0.15, 0.2) is 5.17 Å². The first kappa shape index (κ1) is 18.5. The van der Waals surface area contributed by atoms with Crippen LogP contribution in [0, 0.1) is 5.92 Å². The molecule has 3 N–H and O–H groups in total. The number of rotatable bonds is 3. The minimum absolute atomic E-state index is 0.0455. The van der Waals surface area contributed by atoms with Crippen molar-refractivity contribution in [2.45, 2.75) is 31.9 Å². The number of nitrogens with zero attached hydrogens (tertiary/aromatic N) is 2. The number of aromatic amines is 1. The molecule has 1 aromatic carbocycles. The number of aromatic nitrogens is 2. The highest BCUT2D eigenvalue weighted by Gasteiger charge is 2.23. The van der Waals surface area contributed by atoms with Crippen molar-refractivity contribution in [2.24, 2.45) is 16.6 Å². The molecule has 1 aliphatic rings. The summed E-state index contributed by atoms with van der Waals surface area (Å²) in [6, 6.07) is 7.15. The van der Waals surface area contributed by atoms with Crippen LogP contribution in [0.1, 0.15) is 29.6 Å². The highest BCUT2D eigenvalue weighted by Crippen LogP contribution is 2.35. The van der Waals surface area contributed by atoms with Crippen LogP contribution in [-0.4, -0.2) is 15.1 Å². The van der Waals surface area contributed by atoms with Gasteiger partial charge in [0.1, 0.15) is 10.7 Å². The molecule has 1 aliphatic carbocycles. The zero-order chi connectivity index (χ0) is 19.0. The van der Waals surface area contributed by atoms with Gasteiger partial charge in [0.05, 0.1) is 16.8 Å². The molecule has 2 heterocycles. The van der Waals surface area contributed by atoms with Crippen molar-refractivity contribution in [1.82, 2.24) is 9.97 Å². The van der Waals surface area contributed by atoms with E-state index in [-0.39, 0.29) is 5.56 Å². The van der Waals surface area contributed by atoms with Crippen molar-refractivity contribution >= 4 is 55.8 Å². The molecule has 8 heteroatoms. The maximum absolute atomic E-state index is 12.6. The molecule has 1 atom stereocenters. The van der Waals surface area contributed by atoms with Crippen molar-refractivity contribution in [3.05, 3.63) is 55.9 Å². The Morgan fingerprint density at radius 3 is 3.00 bits per heavy atom. The quantitative estimate of drug-likeness (QED) is 0.479. The van der Waals surface area contributed by atoms with Crippen molar-refractivity contribution < 1.29 is 0 Å². The van der Waals surface area contributed by atoms with E-state index in [1.165, 1.54) is 22.2 Å². The van der Waals surface area contributed by atoms with Gasteiger partial charge in [-0.15, -0.1) is 11.3 Å². The maximum atomic E-state index is 12.6. The van der Waals surface area contributed by atoms with Crippen LogP contribution in [-0.2, 0) is 18.6 Å². The molecule has 5 nitrogen and oxygen atoms in total. The van der Waals surface area contributed by atoms with E-state index in [0.29, 0.717) is 27.7 Å². The normalized spacial score (nSPS) is 17.3. The van der Waals surface area contributed by atoms with Gasteiger partial charge in [0, 0.05) is 9.90 Å². The molecule has 0 spiro atoms. The van der Waals surface area contributed by atoms with Gasteiger partial charge in [0.2, 0.25) is 0 Å². The number of nitrogens with one attached hydrogen (secondary N) is 1. The Morgan fingerprint density at radius 2 is 2.22 bits per heavy atom. The lowest BCUT2D eigenvalue weighted by molar-refractivity contribution is 0.509. The van der Waals surface area contributed by atoms with Crippen LogP contribution in [0.15, 0.2) is 34.1 Å². The zero-order valence-corrected chi connectivity index (χ0v) is 17.2. The van der Waals surface area contributed by atoms with Crippen molar-refractivity contribution in [1.29, 1.82) is 0 Å². The van der Waals surface area contributed by atoms with E-state index < -0.39 is 0 Å². The van der Waals surface area contributed by atoms with Crippen LogP contribution in [0.25, 0.3) is 10.2 Å². The van der Waals surface area contributed by atoms with E-state index in [2.05, 4.69) is 21.9 Å². The van der Waals surface area contributed by atoms with Crippen LogP contribution < -0.4 is 11.3 Å². The van der Waals surface area contributed by atoms with Crippen molar-refractivity contribution in [3.63, 3.8) is 0 Å². The van der Waals surface area contributed by atoms with E-state index in [9.17, 15) is 4.79 Å². The fourth-order valence-electron chi connectivity index (χ4n) is 3.28. The van der Waals surface area contributed by atoms with Crippen molar-refractivity contribution in [2.75, 3.05) is 0 Å². The lowest BCUT2D eigenvalue weighted by atomic mass is 9.89. The predicted octanol–water partition coefficient (Wildman–Crippen LogP) is 4.64. The Morgan fingerprint density at radius 1 is 1.44 bits per heavy atom. The van der Waals surface area contributed by atoms with Gasteiger partial charge in [-0.1, -0.05) is 30.3 Å². The third kappa shape index (κ3) is 4.05. The van der Waals surface area contributed by atoms with Gasteiger partial charge >= 0.3 is 0 Å². The monoisotopic (exact) mass is 418 g/mol. The van der Waals surface area contributed by atoms with Crippen LogP contribution in [0.4, 0.5) is 5.69 Å². The number of nitrogens with two attached hydrogens (primary N) is 1. The number of aryl methyl sites for hydroxylation is 1. The third-order valence-corrected chi connectivity index (χ3v) is 6.84. The second kappa shape index (κ2) is 7.66. The summed E-state index contributed by atoms with van der Waals surface area (Å²) in [7, 11) is 0. The molecule has 0 bridgehead atoms. The SMILES string of the molecule is C[C@H]1CCc2c(sc3nc(CSC(N)=Nc4ccc(Cl)cc4)[nH]c(=O)c23)C1. The maximum Gasteiger partial charge on any atom is 0.259 e. The standard InChI is InChI=1S/C19H19ClN4OS2/c1-10-2-7-13-14(8-10)27-18-16(13)17(25)23-15(24-18)9-26-19(21)22-12-5-3-11(20)4-6-12/h3-6,10H,2,7-9H2,1H3,(H2,21,22)(H,23,24,25)/t10-/m0/s1. The number of thiophene rings is 1. The number of hydrogen-bond acceptors (Lipinski definition) is 5. The summed E-state index contributed by atoms with van der Waals surface area (Å²) in [5.74, 6) is 1.76. The molecule has 0 amide bonds. The van der Waals surface area contributed by atoms with E-state index in [1.54, 1.807) is 35.6 Å². The molecule has 0 saturated carbocycles. The number of H-pyrrole nitrogens is 1. The minimum Gasteiger partial charge on any atom is -0.378 e. The number of halogens is 1.